The van der Waals surface area contributed by atoms with Crippen molar-refractivity contribution in [3.63, 3.8) is 0 Å². The fourth-order valence-electron chi connectivity index (χ4n) is 2.39. The van der Waals surface area contributed by atoms with Crippen molar-refractivity contribution in [2.24, 2.45) is 5.73 Å². The van der Waals surface area contributed by atoms with Crippen LogP contribution in [0.2, 0.25) is 0 Å². The lowest BCUT2D eigenvalue weighted by Crippen LogP contribution is -2.44. The lowest BCUT2D eigenvalue weighted by Gasteiger charge is -2.34. The van der Waals surface area contributed by atoms with Gasteiger partial charge in [0, 0.05) is 4.70 Å². The molecular formula is C14H13N3OS. The summed E-state index contributed by atoms with van der Waals surface area (Å²) in [6.45, 7) is 0. The second-order valence-electron chi connectivity index (χ2n) is 5.08. The molecule has 1 aliphatic carbocycles. The number of hydrogen-bond donors (Lipinski definition) is 1. The van der Waals surface area contributed by atoms with Crippen molar-refractivity contribution in [3.05, 3.63) is 36.2 Å². The number of aromatic nitrogens is 2. The molecule has 96 valence electrons. The summed E-state index contributed by atoms with van der Waals surface area (Å²) in [7, 11) is 0. The Morgan fingerprint density at radius 1 is 1.26 bits per heavy atom. The van der Waals surface area contributed by atoms with Crippen molar-refractivity contribution in [2.45, 2.75) is 24.8 Å². The Hall–Kier alpha value is -1.72. The fraction of sp³-hybridized carbons (Fsp3) is 0.286. The number of thiophene rings is 1. The van der Waals surface area contributed by atoms with Crippen LogP contribution in [0.4, 0.5) is 0 Å². The molecule has 5 heteroatoms. The van der Waals surface area contributed by atoms with Gasteiger partial charge in [0.25, 0.3) is 5.89 Å². The van der Waals surface area contributed by atoms with E-state index in [2.05, 4.69) is 28.3 Å². The highest BCUT2D eigenvalue weighted by molar-refractivity contribution is 7.22. The highest BCUT2D eigenvalue weighted by atomic mass is 32.1. The van der Waals surface area contributed by atoms with Gasteiger partial charge in [0.15, 0.2) is 5.82 Å². The van der Waals surface area contributed by atoms with Crippen molar-refractivity contribution < 1.29 is 4.52 Å². The zero-order chi connectivity index (χ0) is 12.9. The summed E-state index contributed by atoms with van der Waals surface area (Å²) in [6.07, 6.45) is 3.03. The summed E-state index contributed by atoms with van der Waals surface area (Å²) in [6, 6.07) is 10.3. The summed E-state index contributed by atoms with van der Waals surface area (Å²) in [5.41, 5.74) is 5.85. The number of rotatable bonds is 2. The monoisotopic (exact) mass is 271 g/mol. The summed E-state index contributed by atoms with van der Waals surface area (Å²) < 4.78 is 6.60. The molecule has 1 aliphatic rings. The van der Waals surface area contributed by atoms with E-state index in [9.17, 15) is 0 Å². The van der Waals surface area contributed by atoms with Crippen LogP contribution in [-0.2, 0) is 5.54 Å². The van der Waals surface area contributed by atoms with Gasteiger partial charge in [0.1, 0.15) is 0 Å². The van der Waals surface area contributed by atoms with E-state index < -0.39 is 0 Å². The molecule has 1 aromatic carbocycles. The van der Waals surface area contributed by atoms with E-state index in [4.69, 9.17) is 10.3 Å². The molecule has 0 atom stereocenters. The van der Waals surface area contributed by atoms with Crippen LogP contribution in [0.25, 0.3) is 20.9 Å². The smallest absolute Gasteiger partial charge is 0.268 e. The topological polar surface area (TPSA) is 64.9 Å². The Labute approximate surface area is 114 Å². The van der Waals surface area contributed by atoms with Gasteiger partial charge >= 0.3 is 0 Å². The van der Waals surface area contributed by atoms with E-state index in [1.807, 2.05) is 12.1 Å². The molecule has 0 saturated heterocycles. The van der Waals surface area contributed by atoms with E-state index in [1.165, 1.54) is 10.1 Å². The summed E-state index contributed by atoms with van der Waals surface area (Å²) in [5.74, 6) is 1.22. The van der Waals surface area contributed by atoms with Crippen molar-refractivity contribution in [3.8, 4) is 10.8 Å². The minimum atomic E-state index is -0.363. The van der Waals surface area contributed by atoms with Crippen LogP contribution in [0.15, 0.2) is 34.9 Å². The molecule has 2 N–H and O–H groups in total. The molecule has 4 rings (SSSR count). The molecule has 2 heterocycles. The quantitative estimate of drug-likeness (QED) is 0.776. The Balaban J connectivity index is 1.75. The molecule has 19 heavy (non-hydrogen) atoms. The van der Waals surface area contributed by atoms with Crippen molar-refractivity contribution in [2.75, 3.05) is 0 Å². The first-order chi connectivity index (χ1) is 9.24. The number of hydrogen-bond acceptors (Lipinski definition) is 5. The predicted molar refractivity (Wildman–Crippen MR) is 74.8 cm³/mol. The second-order valence-corrected chi connectivity index (χ2v) is 6.17. The van der Waals surface area contributed by atoms with Crippen LogP contribution >= 0.6 is 11.3 Å². The lowest BCUT2D eigenvalue weighted by atomic mass is 9.77. The molecule has 0 bridgehead atoms. The van der Waals surface area contributed by atoms with Gasteiger partial charge < -0.3 is 10.3 Å². The highest BCUT2D eigenvalue weighted by Gasteiger charge is 2.39. The number of nitrogens with zero attached hydrogens (tertiary/aromatic N) is 2. The van der Waals surface area contributed by atoms with E-state index in [1.54, 1.807) is 11.3 Å². The van der Waals surface area contributed by atoms with Crippen LogP contribution in [0.5, 0.6) is 0 Å². The van der Waals surface area contributed by atoms with Crippen molar-refractivity contribution >= 4 is 21.4 Å². The fourth-order valence-corrected chi connectivity index (χ4v) is 3.38. The van der Waals surface area contributed by atoms with Gasteiger partial charge in [-0.05, 0) is 36.8 Å². The Bertz CT molecular complexity index is 709. The Morgan fingerprint density at radius 2 is 2.11 bits per heavy atom. The van der Waals surface area contributed by atoms with Gasteiger partial charge in [-0.1, -0.05) is 23.4 Å². The number of nitrogens with two attached hydrogens (primary N) is 1. The van der Waals surface area contributed by atoms with Gasteiger partial charge in [-0.15, -0.1) is 11.3 Å². The van der Waals surface area contributed by atoms with Crippen LogP contribution < -0.4 is 5.73 Å². The van der Waals surface area contributed by atoms with E-state index in [-0.39, 0.29) is 5.54 Å². The highest BCUT2D eigenvalue weighted by Crippen LogP contribution is 2.39. The van der Waals surface area contributed by atoms with Crippen LogP contribution in [-0.4, -0.2) is 10.1 Å². The first kappa shape index (κ1) is 11.1. The third-order valence-corrected chi connectivity index (χ3v) is 4.86. The van der Waals surface area contributed by atoms with Gasteiger partial charge in [-0.3, -0.25) is 0 Å². The van der Waals surface area contributed by atoms with Crippen LogP contribution in [0.3, 0.4) is 0 Å². The van der Waals surface area contributed by atoms with E-state index in [0.717, 1.165) is 24.1 Å². The Morgan fingerprint density at radius 3 is 2.84 bits per heavy atom. The molecule has 0 spiro atoms. The second kappa shape index (κ2) is 3.88. The molecule has 0 radical (unpaired) electrons. The van der Waals surface area contributed by atoms with Crippen LogP contribution in [0, 0.1) is 0 Å². The van der Waals surface area contributed by atoms with Gasteiger partial charge in [-0.2, -0.15) is 4.98 Å². The zero-order valence-electron chi connectivity index (χ0n) is 10.3. The molecule has 0 amide bonds. The molecule has 0 aliphatic heterocycles. The zero-order valence-corrected chi connectivity index (χ0v) is 11.1. The Kier molecular flexibility index (Phi) is 2.28. The van der Waals surface area contributed by atoms with Gasteiger partial charge in [-0.25, -0.2) is 0 Å². The van der Waals surface area contributed by atoms with Gasteiger partial charge in [0.2, 0.25) is 0 Å². The molecule has 2 aromatic heterocycles. The van der Waals surface area contributed by atoms with Crippen molar-refractivity contribution in [1.29, 1.82) is 0 Å². The number of benzene rings is 1. The minimum absolute atomic E-state index is 0.363. The van der Waals surface area contributed by atoms with Crippen molar-refractivity contribution in [1.82, 2.24) is 10.1 Å². The average Bonchev–Trinajstić information content (AvgIpc) is 3.02. The van der Waals surface area contributed by atoms with E-state index in [0.29, 0.717) is 11.7 Å². The predicted octanol–water partition coefficient (Wildman–Crippen LogP) is 3.29. The van der Waals surface area contributed by atoms with E-state index >= 15 is 0 Å². The maximum atomic E-state index is 6.21. The largest absolute Gasteiger partial charge is 0.333 e. The number of fused-ring (bicyclic) bond motifs is 1. The summed E-state index contributed by atoms with van der Waals surface area (Å²) in [4.78, 5) is 5.48. The molecule has 1 saturated carbocycles. The average molecular weight is 271 g/mol. The molecule has 0 unspecified atom stereocenters. The normalized spacial score (nSPS) is 17.5. The van der Waals surface area contributed by atoms with Gasteiger partial charge in [0.05, 0.1) is 10.4 Å². The maximum absolute atomic E-state index is 6.21. The summed E-state index contributed by atoms with van der Waals surface area (Å²) in [5, 5.41) is 5.25. The van der Waals surface area contributed by atoms with Crippen LogP contribution in [0.1, 0.15) is 25.1 Å². The third kappa shape index (κ3) is 1.69. The maximum Gasteiger partial charge on any atom is 0.268 e. The molecule has 1 fully saturated rings. The third-order valence-electron chi connectivity index (χ3n) is 3.75. The molecule has 3 aromatic rings. The first-order valence-corrected chi connectivity index (χ1v) is 7.18. The standard InChI is InChI=1S/C14H13N3OS/c15-14(6-3-7-14)13-16-12(18-17-13)11-8-9-4-1-2-5-10(9)19-11/h1-2,4-5,8H,3,6-7,15H2. The minimum Gasteiger partial charge on any atom is -0.333 e. The molecular weight excluding hydrogens is 258 g/mol. The molecule has 4 nitrogen and oxygen atoms in total. The first-order valence-electron chi connectivity index (χ1n) is 6.37. The lowest BCUT2D eigenvalue weighted by molar-refractivity contribution is 0.229. The summed E-state index contributed by atoms with van der Waals surface area (Å²) >= 11 is 1.66. The SMILES string of the molecule is NC1(c2noc(-c3cc4ccccc4s3)n2)CCC1.